The van der Waals surface area contributed by atoms with Gasteiger partial charge in [-0.3, -0.25) is 0 Å². The Bertz CT molecular complexity index is 468. The Hall–Kier alpha value is -1.36. The summed E-state index contributed by atoms with van der Waals surface area (Å²) in [5.74, 6) is -1.24. The van der Waals surface area contributed by atoms with E-state index in [1.165, 1.54) is 12.1 Å². The van der Waals surface area contributed by atoms with Crippen LogP contribution in [0.15, 0.2) is 22.2 Å². The summed E-state index contributed by atoms with van der Waals surface area (Å²) in [6.07, 6.45) is 1.29. The van der Waals surface area contributed by atoms with Crippen LogP contribution in [-0.4, -0.2) is 17.7 Å². The third-order valence-corrected chi connectivity index (χ3v) is 2.68. The van der Waals surface area contributed by atoms with Crippen LogP contribution < -0.4 is 4.74 Å². The number of carbonyl (C=O) groups is 1. The number of halogens is 2. The van der Waals surface area contributed by atoms with E-state index in [0.717, 1.165) is 0 Å². The van der Waals surface area contributed by atoms with E-state index in [9.17, 15) is 9.18 Å². The normalized spacial score (nSPS) is 13.9. The number of benzene rings is 1. The zero-order valence-electron chi connectivity index (χ0n) is 7.46. The smallest absolute Gasteiger partial charge is 0.335 e. The molecule has 0 aromatic heterocycles. The standard InChI is InChI=1S/C10H6BrFO3/c11-7-1-2-8-6(9(7)12)3-5(4-15-8)10(13)14/h1-3H,4H2,(H,13,14). The van der Waals surface area contributed by atoms with E-state index >= 15 is 0 Å². The molecule has 0 unspecified atom stereocenters. The molecule has 1 aromatic rings. The van der Waals surface area contributed by atoms with Crippen LogP contribution in [0.4, 0.5) is 4.39 Å². The average molecular weight is 273 g/mol. The summed E-state index contributed by atoms with van der Waals surface area (Å²) in [4.78, 5) is 10.7. The van der Waals surface area contributed by atoms with Crippen LogP contribution in [0, 0.1) is 5.82 Å². The molecule has 0 saturated heterocycles. The molecule has 1 aliphatic heterocycles. The maximum Gasteiger partial charge on any atom is 0.335 e. The Kier molecular flexibility index (Phi) is 2.48. The molecule has 78 valence electrons. The fourth-order valence-corrected chi connectivity index (χ4v) is 1.65. The van der Waals surface area contributed by atoms with Gasteiger partial charge in [0.2, 0.25) is 0 Å². The number of carboxylic acids is 1. The molecule has 1 N–H and O–H groups in total. The van der Waals surface area contributed by atoms with Gasteiger partial charge < -0.3 is 9.84 Å². The van der Waals surface area contributed by atoms with Crippen molar-refractivity contribution in [2.24, 2.45) is 0 Å². The molecule has 0 radical (unpaired) electrons. The Balaban J connectivity index is 2.57. The summed E-state index contributed by atoms with van der Waals surface area (Å²) in [7, 11) is 0. The van der Waals surface area contributed by atoms with Gasteiger partial charge in [-0.1, -0.05) is 0 Å². The molecule has 2 rings (SSSR count). The molecule has 0 aliphatic carbocycles. The van der Waals surface area contributed by atoms with Crippen molar-refractivity contribution in [2.45, 2.75) is 0 Å². The van der Waals surface area contributed by atoms with Crippen molar-refractivity contribution in [3.63, 3.8) is 0 Å². The summed E-state index contributed by atoms with van der Waals surface area (Å²) in [5, 5.41) is 8.74. The quantitative estimate of drug-likeness (QED) is 0.854. The van der Waals surface area contributed by atoms with E-state index in [4.69, 9.17) is 9.84 Å². The first-order valence-electron chi connectivity index (χ1n) is 4.14. The van der Waals surface area contributed by atoms with Gasteiger partial charge in [-0.2, -0.15) is 0 Å². The number of rotatable bonds is 1. The Morgan fingerprint density at radius 3 is 2.93 bits per heavy atom. The third-order valence-electron chi connectivity index (χ3n) is 2.07. The zero-order chi connectivity index (χ0) is 11.0. The molecular formula is C10H6BrFO3. The fourth-order valence-electron chi connectivity index (χ4n) is 1.30. The first-order valence-corrected chi connectivity index (χ1v) is 4.93. The van der Waals surface area contributed by atoms with Crippen molar-refractivity contribution in [1.82, 2.24) is 0 Å². The van der Waals surface area contributed by atoms with Crippen molar-refractivity contribution in [2.75, 3.05) is 6.61 Å². The minimum Gasteiger partial charge on any atom is -0.488 e. The van der Waals surface area contributed by atoms with Gasteiger partial charge in [0, 0.05) is 0 Å². The van der Waals surface area contributed by atoms with E-state index in [1.807, 2.05) is 0 Å². The molecule has 3 nitrogen and oxygen atoms in total. The molecule has 0 fully saturated rings. The lowest BCUT2D eigenvalue weighted by Crippen LogP contribution is -2.14. The van der Waals surface area contributed by atoms with Crippen LogP contribution in [0.25, 0.3) is 6.08 Å². The second-order valence-electron chi connectivity index (χ2n) is 3.04. The van der Waals surface area contributed by atoms with Gasteiger partial charge in [-0.05, 0) is 34.1 Å². The van der Waals surface area contributed by atoms with Crippen LogP contribution in [0.2, 0.25) is 0 Å². The van der Waals surface area contributed by atoms with Crippen LogP contribution in [0.1, 0.15) is 5.56 Å². The van der Waals surface area contributed by atoms with E-state index in [1.54, 1.807) is 6.07 Å². The average Bonchev–Trinajstić information content (AvgIpc) is 2.23. The maximum absolute atomic E-state index is 13.6. The van der Waals surface area contributed by atoms with Crippen molar-refractivity contribution in [3.05, 3.63) is 33.6 Å². The van der Waals surface area contributed by atoms with Gasteiger partial charge in [0.15, 0.2) is 0 Å². The van der Waals surface area contributed by atoms with Gasteiger partial charge in [0.1, 0.15) is 18.2 Å². The van der Waals surface area contributed by atoms with Gasteiger partial charge >= 0.3 is 5.97 Å². The van der Waals surface area contributed by atoms with Gasteiger partial charge in [0.25, 0.3) is 0 Å². The lowest BCUT2D eigenvalue weighted by atomic mass is 10.1. The second kappa shape index (κ2) is 3.66. The highest BCUT2D eigenvalue weighted by atomic mass is 79.9. The van der Waals surface area contributed by atoms with Crippen molar-refractivity contribution < 1.29 is 19.0 Å². The Morgan fingerprint density at radius 1 is 1.53 bits per heavy atom. The summed E-state index contributed by atoms with van der Waals surface area (Å²) in [6.45, 7) is -0.0383. The molecule has 5 heteroatoms. The molecule has 0 atom stereocenters. The lowest BCUT2D eigenvalue weighted by Gasteiger charge is -2.16. The largest absolute Gasteiger partial charge is 0.488 e. The molecule has 0 spiro atoms. The second-order valence-corrected chi connectivity index (χ2v) is 3.89. The van der Waals surface area contributed by atoms with E-state index in [0.29, 0.717) is 5.75 Å². The third kappa shape index (κ3) is 1.74. The summed E-state index contributed by atoms with van der Waals surface area (Å²) in [6, 6.07) is 3.12. The van der Waals surface area contributed by atoms with Crippen LogP contribution in [-0.2, 0) is 4.79 Å². The molecular weight excluding hydrogens is 267 g/mol. The van der Waals surface area contributed by atoms with Crippen molar-refractivity contribution in [1.29, 1.82) is 0 Å². The molecule has 15 heavy (non-hydrogen) atoms. The number of hydrogen-bond donors (Lipinski definition) is 1. The number of ether oxygens (including phenoxy) is 1. The van der Waals surface area contributed by atoms with E-state index in [2.05, 4.69) is 15.9 Å². The minimum atomic E-state index is -1.10. The van der Waals surface area contributed by atoms with Gasteiger partial charge in [0.05, 0.1) is 15.6 Å². The molecule has 1 aromatic carbocycles. The fraction of sp³-hybridized carbons (Fsp3) is 0.100. The van der Waals surface area contributed by atoms with Gasteiger partial charge in [-0.15, -0.1) is 0 Å². The van der Waals surface area contributed by atoms with Crippen LogP contribution in [0.5, 0.6) is 5.75 Å². The predicted octanol–water partition coefficient (Wildman–Crippen LogP) is 2.45. The molecule has 0 amide bonds. The maximum atomic E-state index is 13.6. The lowest BCUT2D eigenvalue weighted by molar-refractivity contribution is -0.132. The predicted molar refractivity (Wildman–Crippen MR) is 55.2 cm³/mol. The topological polar surface area (TPSA) is 46.5 Å². The number of aliphatic carboxylic acids is 1. The first kappa shape index (κ1) is 10.2. The molecule has 0 saturated carbocycles. The molecule has 1 aliphatic rings. The first-order chi connectivity index (χ1) is 7.09. The number of hydrogen-bond acceptors (Lipinski definition) is 2. The SMILES string of the molecule is O=C(O)C1=Cc2c(ccc(Br)c2F)OC1. The summed E-state index contributed by atoms with van der Waals surface area (Å²) < 4.78 is 19.0. The van der Waals surface area contributed by atoms with Crippen molar-refractivity contribution in [3.8, 4) is 5.75 Å². The molecule has 0 bridgehead atoms. The summed E-state index contributed by atoms with van der Waals surface area (Å²) >= 11 is 3.02. The zero-order valence-corrected chi connectivity index (χ0v) is 9.04. The highest BCUT2D eigenvalue weighted by Crippen LogP contribution is 2.32. The Morgan fingerprint density at radius 2 is 2.27 bits per heavy atom. The van der Waals surface area contributed by atoms with Crippen LogP contribution in [0.3, 0.4) is 0 Å². The monoisotopic (exact) mass is 272 g/mol. The Labute approximate surface area is 93.3 Å². The van der Waals surface area contributed by atoms with E-state index in [-0.39, 0.29) is 22.2 Å². The molecule has 1 heterocycles. The summed E-state index contributed by atoms with van der Waals surface area (Å²) in [5.41, 5.74) is 0.215. The van der Waals surface area contributed by atoms with Crippen molar-refractivity contribution >= 4 is 28.0 Å². The number of carboxylic acid groups (broad SMARTS) is 1. The van der Waals surface area contributed by atoms with Gasteiger partial charge in [-0.25, -0.2) is 9.18 Å². The number of fused-ring (bicyclic) bond motifs is 1. The minimum absolute atomic E-state index is 0.0383. The highest BCUT2D eigenvalue weighted by Gasteiger charge is 2.20. The highest BCUT2D eigenvalue weighted by molar-refractivity contribution is 9.10. The van der Waals surface area contributed by atoms with Crippen LogP contribution >= 0.6 is 15.9 Å². The van der Waals surface area contributed by atoms with E-state index < -0.39 is 11.8 Å².